The number of carbonyl (C=O) groups excluding carboxylic acids is 1. The predicted molar refractivity (Wildman–Crippen MR) is 56.9 cm³/mol. The SMILES string of the molecule is CSC(C)C(=O)NCC(C)CCO. The van der Waals surface area contributed by atoms with Crippen LogP contribution < -0.4 is 5.32 Å². The summed E-state index contributed by atoms with van der Waals surface area (Å²) in [6.07, 6.45) is 2.66. The maximum absolute atomic E-state index is 11.3. The summed E-state index contributed by atoms with van der Waals surface area (Å²) >= 11 is 1.54. The van der Waals surface area contributed by atoms with Gasteiger partial charge in [0.25, 0.3) is 0 Å². The lowest BCUT2D eigenvalue weighted by atomic mass is 10.1. The largest absolute Gasteiger partial charge is 0.396 e. The molecule has 0 radical (unpaired) electrons. The molecule has 0 saturated carbocycles. The molecule has 0 aliphatic carbocycles. The smallest absolute Gasteiger partial charge is 0.232 e. The fourth-order valence-corrected chi connectivity index (χ4v) is 1.15. The summed E-state index contributed by atoms with van der Waals surface area (Å²) in [6.45, 7) is 4.75. The van der Waals surface area contributed by atoms with Crippen LogP contribution in [0.2, 0.25) is 0 Å². The fraction of sp³-hybridized carbons (Fsp3) is 0.889. The molecule has 78 valence electrons. The number of hydrogen-bond acceptors (Lipinski definition) is 3. The number of nitrogens with one attached hydrogen (secondary N) is 1. The van der Waals surface area contributed by atoms with Crippen LogP contribution in [0.3, 0.4) is 0 Å². The molecule has 13 heavy (non-hydrogen) atoms. The summed E-state index contributed by atoms with van der Waals surface area (Å²) in [5.74, 6) is 0.431. The van der Waals surface area contributed by atoms with Crippen molar-refractivity contribution in [1.82, 2.24) is 5.32 Å². The van der Waals surface area contributed by atoms with Crippen LogP contribution in [-0.2, 0) is 4.79 Å². The van der Waals surface area contributed by atoms with Gasteiger partial charge >= 0.3 is 0 Å². The second-order valence-electron chi connectivity index (χ2n) is 3.24. The van der Waals surface area contributed by atoms with Crippen molar-refractivity contribution in [3.05, 3.63) is 0 Å². The van der Waals surface area contributed by atoms with Crippen molar-refractivity contribution in [2.75, 3.05) is 19.4 Å². The van der Waals surface area contributed by atoms with Crippen LogP contribution in [0, 0.1) is 5.92 Å². The molecule has 0 spiro atoms. The minimum Gasteiger partial charge on any atom is -0.396 e. The van der Waals surface area contributed by atoms with Crippen LogP contribution in [0.15, 0.2) is 0 Å². The third-order valence-electron chi connectivity index (χ3n) is 1.97. The molecule has 0 aliphatic rings. The molecule has 0 saturated heterocycles. The van der Waals surface area contributed by atoms with Gasteiger partial charge in [-0.05, 0) is 25.5 Å². The third-order valence-corrected chi connectivity index (χ3v) is 2.89. The van der Waals surface area contributed by atoms with Gasteiger partial charge in [-0.1, -0.05) is 6.92 Å². The molecule has 0 aromatic rings. The number of hydrogen-bond donors (Lipinski definition) is 2. The van der Waals surface area contributed by atoms with Gasteiger partial charge in [0.2, 0.25) is 5.91 Å². The lowest BCUT2D eigenvalue weighted by Gasteiger charge is -2.13. The van der Waals surface area contributed by atoms with E-state index in [9.17, 15) is 4.79 Å². The quantitative estimate of drug-likeness (QED) is 0.676. The molecule has 1 amide bonds. The minimum absolute atomic E-state index is 0.0151. The number of aliphatic hydroxyl groups is 1. The van der Waals surface area contributed by atoms with E-state index in [4.69, 9.17) is 5.11 Å². The van der Waals surface area contributed by atoms with E-state index in [1.54, 1.807) is 0 Å². The average Bonchev–Trinajstić information content (AvgIpc) is 2.13. The number of amides is 1. The molecule has 3 nitrogen and oxygen atoms in total. The normalized spacial score (nSPS) is 15.1. The Balaban J connectivity index is 3.57. The van der Waals surface area contributed by atoms with Gasteiger partial charge in [-0.25, -0.2) is 0 Å². The van der Waals surface area contributed by atoms with Crippen molar-refractivity contribution in [2.45, 2.75) is 25.5 Å². The van der Waals surface area contributed by atoms with Crippen molar-refractivity contribution < 1.29 is 9.90 Å². The summed E-state index contributed by atoms with van der Waals surface area (Å²) in [4.78, 5) is 11.3. The maximum atomic E-state index is 11.3. The van der Waals surface area contributed by atoms with E-state index in [1.165, 1.54) is 11.8 Å². The molecule has 2 N–H and O–H groups in total. The van der Waals surface area contributed by atoms with Gasteiger partial charge in [-0.3, -0.25) is 4.79 Å². The first-order valence-electron chi connectivity index (χ1n) is 4.53. The molecular weight excluding hydrogens is 186 g/mol. The fourth-order valence-electron chi connectivity index (χ4n) is 0.848. The van der Waals surface area contributed by atoms with Gasteiger partial charge in [0.15, 0.2) is 0 Å². The maximum Gasteiger partial charge on any atom is 0.232 e. The Morgan fingerprint density at radius 3 is 2.62 bits per heavy atom. The monoisotopic (exact) mass is 205 g/mol. The Bertz CT molecular complexity index is 153. The van der Waals surface area contributed by atoms with Gasteiger partial charge in [-0.15, -0.1) is 0 Å². The zero-order valence-electron chi connectivity index (χ0n) is 8.54. The Hall–Kier alpha value is -0.220. The highest BCUT2D eigenvalue weighted by Gasteiger charge is 2.11. The first-order chi connectivity index (χ1) is 6.11. The summed E-state index contributed by atoms with van der Waals surface area (Å²) in [5, 5.41) is 11.5. The molecule has 2 atom stereocenters. The Kier molecular flexibility index (Phi) is 7.09. The van der Waals surface area contributed by atoms with Crippen LogP contribution in [0.1, 0.15) is 20.3 Å². The summed E-state index contributed by atoms with van der Waals surface area (Å²) in [6, 6.07) is 0. The summed E-state index contributed by atoms with van der Waals surface area (Å²) in [7, 11) is 0. The lowest BCUT2D eigenvalue weighted by molar-refractivity contribution is -0.120. The lowest BCUT2D eigenvalue weighted by Crippen LogP contribution is -2.34. The van der Waals surface area contributed by atoms with Crippen molar-refractivity contribution >= 4 is 17.7 Å². The van der Waals surface area contributed by atoms with E-state index in [-0.39, 0.29) is 17.8 Å². The van der Waals surface area contributed by atoms with Crippen molar-refractivity contribution in [3.8, 4) is 0 Å². The van der Waals surface area contributed by atoms with Gasteiger partial charge in [0, 0.05) is 13.2 Å². The standard InChI is InChI=1S/C9H19NO2S/c1-7(4-5-11)6-10-9(12)8(2)13-3/h7-8,11H,4-6H2,1-3H3,(H,10,12). The van der Waals surface area contributed by atoms with E-state index in [0.717, 1.165) is 6.42 Å². The molecule has 0 rings (SSSR count). The number of thioether (sulfide) groups is 1. The number of aliphatic hydroxyl groups excluding tert-OH is 1. The third kappa shape index (κ3) is 5.93. The Morgan fingerprint density at radius 1 is 1.54 bits per heavy atom. The Morgan fingerprint density at radius 2 is 2.15 bits per heavy atom. The van der Waals surface area contributed by atoms with Crippen LogP contribution in [0.25, 0.3) is 0 Å². The summed E-state index contributed by atoms with van der Waals surface area (Å²) < 4.78 is 0. The van der Waals surface area contributed by atoms with Crippen LogP contribution in [0.4, 0.5) is 0 Å². The molecule has 0 aromatic heterocycles. The number of rotatable bonds is 6. The van der Waals surface area contributed by atoms with E-state index in [0.29, 0.717) is 12.5 Å². The highest BCUT2D eigenvalue weighted by atomic mass is 32.2. The predicted octanol–water partition coefficient (Wildman–Crippen LogP) is 0.873. The van der Waals surface area contributed by atoms with Crippen LogP contribution >= 0.6 is 11.8 Å². The molecule has 2 unspecified atom stereocenters. The van der Waals surface area contributed by atoms with Crippen LogP contribution in [0.5, 0.6) is 0 Å². The highest BCUT2D eigenvalue weighted by Crippen LogP contribution is 2.05. The zero-order valence-corrected chi connectivity index (χ0v) is 9.36. The molecule has 0 bridgehead atoms. The van der Waals surface area contributed by atoms with E-state index >= 15 is 0 Å². The zero-order chi connectivity index (χ0) is 10.3. The minimum atomic E-state index is 0.0151. The van der Waals surface area contributed by atoms with E-state index in [2.05, 4.69) is 5.32 Å². The second kappa shape index (κ2) is 7.21. The van der Waals surface area contributed by atoms with Crippen molar-refractivity contribution in [3.63, 3.8) is 0 Å². The molecule has 0 heterocycles. The molecular formula is C9H19NO2S. The first kappa shape index (κ1) is 12.8. The second-order valence-corrected chi connectivity index (χ2v) is 4.42. The van der Waals surface area contributed by atoms with Gasteiger partial charge in [0.05, 0.1) is 5.25 Å². The highest BCUT2D eigenvalue weighted by molar-refractivity contribution is 7.99. The van der Waals surface area contributed by atoms with Crippen LogP contribution in [-0.4, -0.2) is 35.7 Å². The molecule has 0 fully saturated rings. The van der Waals surface area contributed by atoms with Gasteiger partial charge in [-0.2, -0.15) is 11.8 Å². The van der Waals surface area contributed by atoms with E-state index in [1.807, 2.05) is 20.1 Å². The molecule has 0 aromatic carbocycles. The molecule has 4 heteroatoms. The Labute approximate surface area is 84.3 Å². The average molecular weight is 205 g/mol. The van der Waals surface area contributed by atoms with E-state index < -0.39 is 0 Å². The number of carbonyl (C=O) groups is 1. The topological polar surface area (TPSA) is 49.3 Å². The summed E-state index contributed by atoms with van der Waals surface area (Å²) in [5.41, 5.74) is 0. The van der Waals surface area contributed by atoms with Gasteiger partial charge in [0.1, 0.15) is 0 Å². The van der Waals surface area contributed by atoms with Crippen molar-refractivity contribution in [1.29, 1.82) is 0 Å². The molecule has 0 aliphatic heterocycles. The van der Waals surface area contributed by atoms with Crippen molar-refractivity contribution in [2.24, 2.45) is 5.92 Å². The first-order valence-corrected chi connectivity index (χ1v) is 5.82. The van der Waals surface area contributed by atoms with Gasteiger partial charge < -0.3 is 10.4 Å².